The van der Waals surface area contributed by atoms with E-state index in [1.165, 1.54) is 96.3 Å². The van der Waals surface area contributed by atoms with Crippen molar-refractivity contribution >= 4 is 19.8 Å². The molecule has 11 heteroatoms. The third-order valence-electron chi connectivity index (χ3n) is 9.77. The first-order valence-electron chi connectivity index (χ1n) is 22.9. The molecule has 0 fully saturated rings. The van der Waals surface area contributed by atoms with Gasteiger partial charge in [-0.05, 0) is 70.6 Å². The maximum Gasteiger partial charge on any atom is 0.472 e. The number of carbonyl (C=O) groups excluding carboxylic acids is 2. The van der Waals surface area contributed by atoms with E-state index in [1.54, 1.807) is 0 Å². The van der Waals surface area contributed by atoms with Gasteiger partial charge in [-0.25, -0.2) is 4.57 Å². The fourth-order valence-electron chi connectivity index (χ4n) is 6.19. The molecule has 3 atom stereocenters. The first-order valence-corrected chi connectivity index (χ1v) is 24.4. The fraction of sp³-hybridized carbons (Fsp3) is 0.826. The summed E-state index contributed by atoms with van der Waals surface area (Å²) in [5.41, 5.74) is 0. The summed E-state index contributed by atoms with van der Waals surface area (Å²) < 4.78 is 32.7. The molecule has 0 aromatic heterocycles. The summed E-state index contributed by atoms with van der Waals surface area (Å²) >= 11 is 0. The Morgan fingerprint density at radius 2 is 0.912 bits per heavy atom. The zero-order valence-electron chi connectivity index (χ0n) is 36.3. The number of unbranched alkanes of at least 4 members (excludes halogenated alkanes) is 23. The minimum absolute atomic E-state index is 0.174. The van der Waals surface area contributed by atoms with Crippen LogP contribution in [0, 0.1) is 0 Å². The van der Waals surface area contributed by atoms with Crippen molar-refractivity contribution in [1.29, 1.82) is 0 Å². The molecule has 0 rings (SSSR count). The van der Waals surface area contributed by atoms with Crippen LogP contribution in [-0.4, -0.2) is 65.7 Å². The van der Waals surface area contributed by atoms with E-state index in [4.69, 9.17) is 23.6 Å². The Labute approximate surface area is 348 Å². The Morgan fingerprint density at radius 3 is 1.40 bits per heavy atom. The molecule has 0 amide bonds. The molecule has 10 nitrogen and oxygen atoms in total. The Bertz CT molecular complexity index is 1050. The van der Waals surface area contributed by atoms with E-state index in [0.29, 0.717) is 12.8 Å². The summed E-state index contributed by atoms with van der Waals surface area (Å²) in [6.07, 6.45) is 43.9. The van der Waals surface area contributed by atoms with E-state index in [-0.39, 0.29) is 19.4 Å². The maximum absolute atomic E-state index is 12.6. The van der Waals surface area contributed by atoms with Gasteiger partial charge >= 0.3 is 19.8 Å². The fourth-order valence-corrected chi connectivity index (χ4v) is 6.98. The maximum atomic E-state index is 12.6. The first-order chi connectivity index (χ1) is 27.7. The molecule has 0 aliphatic heterocycles. The molecule has 0 spiro atoms. The lowest BCUT2D eigenvalue weighted by Crippen LogP contribution is -2.29. The number of phosphoric ester groups is 1. The molecule has 0 heterocycles. The minimum atomic E-state index is -4.62. The molecule has 0 bridgehead atoms. The number of hydrogen-bond acceptors (Lipinski definition) is 9. The average molecular weight is 829 g/mol. The Hall–Kier alpha value is -1.81. The zero-order valence-corrected chi connectivity index (χ0v) is 37.2. The molecule has 57 heavy (non-hydrogen) atoms. The van der Waals surface area contributed by atoms with Gasteiger partial charge in [-0.1, -0.05) is 159 Å². The quantitative estimate of drug-likeness (QED) is 0.0235. The summed E-state index contributed by atoms with van der Waals surface area (Å²) in [6, 6.07) is 0. The highest BCUT2D eigenvalue weighted by Gasteiger charge is 2.27. The van der Waals surface area contributed by atoms with Gasteiger partial charge in [-0.2, -0.15) is 0 Å². The number of esters is 2. The Kier molecular flexibility index (Phi) is 41.0. The highest BCUT2D eigenvalue weighted by molar-refractivity contribution is 7.47. The van der Waals surface area contributed by atoms with E-state index in [0.717, 1.165) is 70.6 Å². The smallest absolute Gasteiger partial charge is 0.462 e. The van der Waals surface area contributed by atoms with Crippen LogP contribution >= 0.6 is 7.82 Å². The zero-order chi connectivity index (χ0) is 41.9. The lowest BCUT2D eigenvalue weighted by Gasteiger charge is -2.20. The van der Waals surface area contributed by atoms with Crippen molar-refractivity contribution < 1.29 is 47.8 Å². The van der Waals surface area contributed by atoms with Gasteiger partial charge < -0.3 is 24.6 Å². The topological polar surface area (TPSA) is 149 Å². The van der Waals surface area contributed by atoms with Gasteiger partial charge in [0.1, 0.15) is 12.7 Å². The van der Waals surface area contributed by atoms with Crippen molar-refractivity contribution in [3.63, 3.8) is 0 Å². The molecule has 0 aliphatic carbocycles. The number of rotatable bonds is 43. The van der Waals surface area contributed by atoms with Gasteiger partial charge in [0.15, 0.2) is 6.10 Å². The monoisotopic (exact) mass is 829 g/mol. The van der Waals surface area contributed by atoms with Crippen molar-refractivity contribution in [3.05, 3.63) is 36.5 Å². The lowest BCUT2D eigenvalue weighted by atomic mass is 10.1. The second kappa shape index (κ2) is 42.3. The van der Waals surface area contributed by atoms with Crippen LogP contribution in [0.25, 0.3) is 0 Å². The SMILES string of the molecule is CCCCC/C=C\C/C=C\CCCCCCCCCCCC(=O)OC[C@H](COP(=O)(O)OC[C@@H](O)CO)OC(=O)CCCCCCC/C=C\CCCCCCCC. The summed E-state index contributed by atoms with van der Waals surface area (Å²) in [5.74, 6) is -0.935. The summed E-state index contributed by atoms with van der Waals surface area (Å²) in [5, 5.41) is 18.3. The van der Waals surface area contributed by atoms with Crippen LogP contribution < -0.4 is 0 Å². The molecule has 0 aromatic rings. The minimum Gasteiger partial charge on any atom is -0.462 e. The van der Waals surface area contributed by atoms with Crippen LogP contribution in [0.15, 0.2) is 36.5 Å². The molecule has 1 unspecified atom stereocenters. The van der Waals surface area contributed by atoms with Crippen molar-refractivity contribution in [1.82, 2.24) is 0 Å². The molecule has 3 N–H and O–H groups in total. The van der Waals surface area contributed by atoms with E-state index in [1.807, 2.05) is 0 Å². The number of allylic oxidation sites excluding steroid dienone is 6. The second-order valence-corrected chi connectivity index (χ2v) is 16.9. The molecule has 0 saturated heterocycles. The van der Waals surface area contributed by atoms with E-state index in [9.17, 15) is 24.2 Å². The van der Waals surface area contributed by atoms with Crippen molar-refractivity contribution in [2.75, 3.05) is 26.4 Å². The van der Waals surface area contributed by atoms with Crippen LogP contribution in [0.2, 0.25) is 0 Å². The first kappa shape index (κ1) is 55.2. The highest BCUT2D eigenvalue weighted by Crippen LogP contribution is 2.43. The lowest BCUT2D eigenvalue weighted by molar-refractivity contribution is -0.161. The van der Waals surface area contributed by atoms with Gasteiger partial charge in [-0.3, -0.25) is 18.6 Å². The van der Waals surface area contributed by atoms with Crippen LogP contribution in [0.5, 0.6) is 0 Å². The third-order valence-corrected chi connectivity index (χ3v) is 10.7. The average Bonchev–Trinajstić information content (AvgIpc) is 3.20. The number of aliphatic hydroxyl groups is 2. The normalized spacial score (nSPS) is 14.1. The molecule has 0 radical (unpaired) electrons. The Balaban J connectivity index is 4.25. The van der Waals surface area contributed by atoms with Crippen LogP contribution in [0.1, 0.15) is 206 Å². The van der Waals surface area contributed by atoms with E-state index in [2.05, 4.69) is 50.3 Å². The molecular formula is C46H85O10P. The van der Waals surface area contributed by atoms with Gasteiger partial charge in [0.2, 0.25) is 0 Å². The van der Waals surface area contributed by atoms with Crippen molar-refractivity contribution in [2.45, 2.75) is 219 Å². The molecular weight excluding hydrogens is 743 g/mol. The predicted molar refractivity (Wildman–Crippen MR) is 233 cm³/mol. The van der Waals surface area contributed by atoms with Gasteiger partial charge in [-0.15, -0.1) is 0 Å². The summed E-state index contributed by atoms with van der Waals surface area (Å²) in [4.78, 5) is 35.0. The number of carbonyl (C=O) groups is 2. The van der Waals surface area contributed by atoms with Crippen LogP contribution in [0.4, 0.5) is 0 Å². The third kappa shape index (κ3) is 42.1. The highest BCUT2D eigenvalue weighted by atomic mass is 31.2. The molecule has 0 aromatic carbocycles. The van der Waals surface area contributed by atoms with Gasteiger partial charge in [0, 0.05) is 12.8 Å². The number of ether oxygens (including phenoxy) is 2. The summed E-state index contributed by atoms with van der Waals surface area (Å²) in [6.45, 7) is 2.35. The van der Waals surface area contributed by atoms with E-state index < -0.39 is 51.8 Å². The predicted octanol–water partition coefficient (Wildman–Crippen LogP) is 12.3. The largest absolute Gasteiger partial charge is 0.472 e. The van der Waals surface area contributed by atoms with Crippen molar-refractivity contribution in [2.24, 2.45) is 0 Å². The molecule has 334 valence electrons. The standard InChI is InChI=1S/C46H85O10P/c1-3-5-7-9-11-13-15-17-19-20-21-22-24-25-27-29-31-33-35-37-45(49)53-41-44(42-55-57(51,52)54-40-43(48)39-47)56-46(50)38-36-34-32-30-28-26-23-18-16-14-12-10-8-6-4-2/h11,13,17-19,23,43-44,47-48H,3-10,12,14-16,20-22,24-42H2,1-2H3,(H,51,52)/b13-11-,19-17-,23-18-/t43-,44+/m0/s1. The summed E-state index contributed by atoms with van der Waals surface area (Å²) in [7, 11) is -4.62. The van der Waals surface area contributed by atoms with Gasteiger partial charge in [0.25, 0.3) is 0 Å². The van der Waals surface area contributed by atoms with Gasteiger partial charge in [0.05, 0.1) is 19.8 Å². The van der Waals surface area contributed by atoms with Crippen LogP contribution in [0.3, 0.4) is 0 Å². The second-order valence-electron chi connectivity index (χ2n) is 15.4. The molecule has 0 aliphatic rings. The van der Waals surface area contributed by atoms with Crippen molar-refractivity contribution in [3.8, 4) is 0 Å². The number of aliphatic hydroxyl groups excluding tert-OH is 2. The Morgan fingerprint density at radius 1 is 0.526 bits per heavy atom. The number of hydrogen-bond donors (Lipinski definition) is 3. The molecule has 0 saturated carbocycles. The van der Waals surface area contributed by atoms with E-state index >= 15 is 0 Å². The number of phosphoric acid groups is 1. The van der Waals surface area contributed by atoms with Crippen LogP contribution in [-0.2, 0) is 32.7 Å².